The zero-order chi connectivity index (χ0) is 16.8. The predicted molar refractivity (Wildman–Crippen MR) is 96.0 cm³/mol. The summed E-state index contributed by atoms with van der Waals surface area (Å²) in [5.74, 6) is 0.579. The third-order valence-electron chi connectivity index (χ3n) is 2.98. The summed E-state index contributed by atoms with van der Waals surface area (Å²) in [4.78, 5) is 21.1. The molecule has 0 saturated heterocycles. The predicted octanol–water partition coefficient (Wildman–Crippen LogP) is 4.06. The highest BCUT2D eigenvalue weighted by Gasteiger charge is 2.09. The minimum absolute atomic E-state index is 0.194. The van der Waals surface area contributed by atoms with Gasteiger partial charge in [0, 0.05) is 10.4 Å². The molecule has 0 aliphatic rings. The maximum absolute atomic E-state index is 11.8. The first-order valence-corrected chi connectivity index (χ1v) is 9.32. The van der Waals surface area contributed by atoms with Gasteiger partial charge in [-0.2, -0.15) is 0 Å². The van der Waals surface area contributed by atoms with Crippen LogP contribution in [0.1, 0.15) is 0 Å². The van der Waals surface area contributed by atoms with Gasteiger partial charge in [0.2, 0.25) is 0 Å². The highest BCUT2D eigenvalue weighted by Crippen LogP contribution is 2.27. The van der Waals surface area contributed by atoms with E-state index < -0.39 is 0 Å². The van der Waals surface area contributed by atoms with Crippen LogP contribution >= 0.6 is 34.7 Å². The number of benzene rings is 1. The normalized spacial score (nSPS) is 10.7. The van der Waals surface area contributed by atoms with Gasteiger partial charge in [-0.3, -0.25) is 4.79 Å². The fourth-order valence-corrected chi connectivity index (χ4v) is 3.60. The molecule has 0 saturated carbocycles. The van der Waals surface area contributed by atoms with Gasteiger partial charge in [0.15, 0.2) is 0 Å². The number of thiophene rings is 1. The Morgan fingerprint density at radius 2 is 2.00 bits per heavy atom. The number of halogens is 1. The van der Waals surface area contributed by atoms with Gasteiger partial charge in [-0.05, 0) is 35.7 Å². The van der Waals surface area contributed by atoms with Crippen LogP contribution < -0.4 is 4.74 Å². The summed E-state index contributed by atoms with van der Waals surface area (Å²) in [6.07, 6.45) is 1.51. The summed E-state index contributed by atoms with van der Waals surface area (Å²) in [5.41, 5.74) is 0. The fourth-order valence-electron chi connectivity index (χ4n) is 1.90. The van der Waals surface area contributed by atoms with Crippen LogP contribution in [0.15, 0.2) is 47.1 Å². The molecule has 8 heteroatoms. The summed E-state index contributed by atoms with van der Waals surface area (Å²) in [6, 6.07) is 8.97. The third-order valence-corrected chi connectivity index (χ3v) is 5.03. The first-order valence-electron chi connectivity index (χ1n) is 7.07. The molecule has 0 aliphatic carbocycles. The third kappa shape index (κ3) is 4.59. The molecule has 0 aliphatic heterocycles. The molecule has 3 aromatic rings. The Kier molecular flexibility index (Phi) is 5.90. The molecule has 0 fully saturated rings. The SMILES string of the molecule is O=C(CSc1ncnc2sccc12)OCCOc1ccc(Cl)cc1. The van der Waals surface area contributed by atoms with Gasteiger partial charge in [-0.1, -0.05) is 23.4 Å². The Morgan fingerprint density at radius 3 is 2.83 bits per heavy atom. The topological polar surface area (TPSA) is 61.3 Å². The van der Waals surface area contributed by atoms with Crippen LogP contribution in [-0.2, 0) is 9.53 Å². The van der Waals surface area contributed by atoms with E-state index in [9.17, 15) is 4.79 Å². The van der Waals surface area contributed by atoms with Crippen molar-refractivity contribution >= 4 is 50.9 Å². The zero-order valence-electron chi connectivity index (χ0n) is 12.5. The number of carbonyl (C=O) groups is 1. The summed E-state index contributed by atoms with van der Waals surface area (Å²) in [5, 5.41) is 4.35. The monoisotopic (exact) mass is 380 g/mol. The van der Waals surface area contributed by atoms with E-state index in [-0.39, 0.29) is 18.3 Å². The number of aromatic nitrogens is 2. The maximum Gasteiger partial charge on any atom is 0.316 e. The van der Waals surface area contributed by atoms with Crippen molar-refractivity contribution in [1.29, 1.82) is 0 Å². The molecular weight excluding hydrogens is 368 g/mol. The summed E-state index contributed by atoms with van der Waals surface area (Å²) in [6.45, 7) is 0.486. The number of thioether (sulfide) groups is 1. The average molecular weight is 381 g/mol. The van der Waals surface area contributed by atoms with Crippen molar-refractivity contribution in [3.63, 3.8) is 0 Å². The number of rotatable bonds is 7. The molecule has 5 nitrogen and oxygen atoms in total. The van der Waals surface area contributed by atoms with Crippen molar-refractivity contribution in [3.05, 3.63) is 47.1 Å². The Balaban J connectivity index is 1.40. The van der Waals surface area contributed by atoms with Crippen LogP contribution in [0, 0.1) is 0 Å². The lowest BCUT2D eigenvalue weighted by Crippen LogP contribution is -2.13. The fraction of sp³-hybridized carbons (Fsp3) is 0.188. The molecular formula is C16H13ClN2O3S2. The zero-order valence-corrected chi connectivity index (χ0v) is 14.9. The van der Waals surface area contributed by atoms with E-state index in [1.807, 2.05) is 11.4 Å². The van der Waals surface area contributed by atoms with Crippen LogP contribution in [0.2, 0.25) is 5.02 Å². The van der Waals surface area contributed by atoms with E-state index in [0.717, 1.165) is 15.2 Å². The van der Waals surface area contributed by atoms with E-state index >= 15 is 0 Å². The average Bonchev–Trinajstić information content (AvgIpc) is 3.07. The van der Waals surface area contributed by atoms with Crippen LogP contribution in [0.25, 0.3) is 10.2 Å². The van der Waals surface area contributed by atoms with Crippen molar-refractivity contribution in [1.82, 2.24) is 9.97 Å². The van der Waals surface area contributed by atoms with Gasteiger partial charge in [-0.25, -0.2) is 9.97 Å². The number of hydrogen-bond acceptors (Lipinski definition) is 7. The second-order valence-electron chi connectivity index (χ2n) is 4.63. The first-order chi connectivity index (χ1) is 11.7. The quantitative estimate of drug-likeness (QED) is 0.266. The number of ether oxygens (including phenoxy) is 2. The molecule has 124 valence electrons. The standard InChI is InChI=1S/C16H13ClN2O3S2/c17-11-1-3-12(4-2-11)21-6-7-22-14(20)9-24-16-13-5-8-23-15(13)18-10-19-16/h1-5,8,10H,6-7,9H2. The minimum atomic E-state index is -0.304. The Labute approximate surface area is 152 Å². The lowest BCUT2D eigenvalue weighted by Gasteiger charge is -2.07. The Hall–Kier alpha value is -1.83. The molecule has 0 N–H and O–H groups in total. The minimum Gasteiger partial charge on any atom is -0.490 e. The van der Waals surface area contributed by atoms with Gasteiger partial charge >= 0.3 is 5.97 Å². The largest absolute Gasteiger partial charge is 0.490 e. The van der Waals surface area contributed by atoms with Crippen LogP contribution in [0.4, 0.5) is 0 Å². The number of carbonyl (C=O) groups excluding carboxylic acids is 1. The van der Waals surface area contributed by atoms with Crippen molar-refractivity contribution in [3.8, 4) is 5.75 Å². The summed E-state index contributed by atoms with van der Waals surface area (Å²) in [7, 11) is 0. The van der Waals surface area contributed by atoms with Gasteiger partial charge in [0.05, 0.1) is 5.75 Å². The number of esters is 1. The highest BCUT2D eigenvalue weighted by molar-refractivity contribution is 8.00. The molecule has 0 unspecified atom stereocenters. The maximum atomic E-state index is 11.8. The van der Waals surface area contributed by atoms with Crippen molar-refractivity contribution in [2.45, 2.75) is 5.03 Å². The number of nitrogens with zero attached hydrogens (tertiary/aromatic N) is 2. The van der Waals surface area contributed by atoms with E-state index in [4.69, 9.17) is 21.1 Å². The van der Waals surface area contributed by atoms with Crippen molar-refractivity contribution < 1.29 is 14.3 Å². The van der Waals surface area contributed by atoms with E-state index in [1.165, 1.54) is 18.1 Å². The van der Waals surface area contributed by atoms with E-state index in [2.05, 4.69) is 9.97 Å². The van der Waals surface area contributed by atoms with Gasteiger partial charge in [0.25, 0.3) is 0 Å². The van der Waals surface area contributed by atoms with Gasteiger partial charge < -0.3 is 9.47 Å². The second kappa shape index (κ2) is 8.32. The smallest absolute Gasteiger partial charge is 0.316 e. The molecule has 0 spiro atoms. The van der Waals surface area contributed by atoms with Crippen LogP contribution in [0.5, 0.6) is 5.75 Å². The van der Waals surface area contributed by atoms with Crippen LogP contribution in [-0.4, -0.2) is 34.9 Å². The molecule has 0 amide bonds. The van der Waals surface area contributed by atoms with Crippen LogP contribution in [0.3, 0.4) is 0 Å². The molecule has 2 heterocycles. The molecule has 0 atom stereocenters. The molecule has 2 aromatic heterocycles. The number of hydrogen-bond donors (Lipinski definition) is 0. The molecule has 1 aromatic carbocycles. The van der Waals surface area contributed by atoms with Gasteiger partial charge in [0.1, 0.15) is 35.1 Å². The van der Waals surface area contributed by atoms with Crippen molar-refractivity contribution in [2.75, 3.05) is 19.0 Å². The van der Waals surface area contributed by atoms with E-state index in [0.29, 0.717) is 17.4 Å². The van der Waals surface area contributed by atoms with Gasteiger partial charge in [-0.15, -0.1) is 11.3 Å². The Morgan fingerprint density at radius 1 is 1.17 bits per heavy atom. The van der Waals surface area contributed by atoms with Crippen molar-refractivity contribution in [2.24, 2.45) is 0 Å². The highest BCUT2D eigenvalue weighted by atomic mass is 35.5. The van der Waals surface area contributed by atoms with E-state index in [1.54, 1.807) is 35.6 Å². The molecule has 0 bridgehead atoms. The summed E-state index contributed by atoms with van der Waals surface area (Å²) < 4.78 is 10.6. The Bertz CT molecular complexity index is 824. The summed E-state index contributed by atoms with van der Waals surface area (Å²) >= 11 is 8.68. The molecule has 3 rings (SSSR count). The lowest BCUT2D eigenvalue weighted by molar-refractivity contribution is -0.141. The lowest BCUT2D eigenvalue weighted by atomic mass is 10.3. The first kappa shape index (κ1) is 17.0. The molecule has 24 heavy (non-hydrogen) atoms. The second-order valence-corrected chi connectivity index (χ2v) is 6.92. The number of fused-ring (bicyclic) bond motifs is 1. The molecule has 0 radical (unpaired) electrons.